The molecule has 0 radical (unpaired) electrons. The Morgan fingerprint density at radius 1 is 1.19 bits per heavy atom. The van der Waals surface area contributed by atoms with Crippen molar-refractivity contribution in [3.8, 4) is 0 Å². The van der Waals surface area contributed by atoms with E-state index < -0.39 is 10.7 Å². The van der Waals surface area contributed by atoms with E-state index in [-0.39, 0.29) is 0 Å². The van der Waals surface area contributed by atoms with Crippen LogP contribution < -0.4 is 0 Å². The lowest BCUT2D eigenvalue weighted by molar-refractivity contribution is -0.142. The molecule has 1 saturated heterocycles. The normalized spacial score (nSPS) is 26.5. The second-order valence-electron chi connectivity index (χ2n) is 4.79. The first-order valence-corrected chi connectivity index (χ1v) is 7.10. The van der Waals surface area contributed by atoms with Gasteiger partial charge in [-0.05, 0) is 25.7 Å². The smallest absolute Gasteiger partial charge is 0.319 e. The van der Waals surface area contributed by atoms with Crippen LogP contribution in [0.2, 0.25) is 0 Å². The van der Waals surface area contributed by atoms with Gasteiger partial charge in [-0.3, -0.25) is 4.79 Å². The van der Waals surface area contributed by atoms with Crippen LogP contribution in [0.5, 0.6) is 0 Å². The third kappa shape index (κ3) is 2.72. The van der Waals surface area contributed by atoms with E-state index in [0.717, 1.165) is 0 Å². The molecule has 1 aliphatic heterocycles. The summed E-state index contributed by atoms with van der Waals surface area (Å²) in [5.74, 6) is -0.633. The number of aliphatic carboxylic acids is 1. The number of thioether (sulfide) groups is 1. The minimum atomic E-state index is -0.633. The number of hydrogen-bond donors (Lipinski definition) is 1. The van der Waals surface area contributed by atoms with Crippen LogP contribution in [0.25, 0.3) is 0 Å². The number of hydrogen-bond acceptors (Lipinski definition) is 3. The van der Waals surface area contributed by atoms with Crippen LogP contribution in [-0.4, -0.2) is 34.3 Å². The summed E-state index contributed by atoms with van der Waals surface area (Å²) in [4.78, 5) is 11.5. The van der Waals surface area contributed by atoms with Crippen LogP contribution >= 0.6 is 11.8 Å². The van der Waals surface area contributed by atoms with Crippen molar-refractivity contribution in [2.45, 2.75) is 54.9 Å². The standard InChI is InChI=1S/C12H20O3S/c13-11(14)12(6-8-15-9-7-12)16-10-4-2-1-3-5-10/h10H,1-9H2,(H,13,14). The number of carbonyl (C=O) groups is 1. The highest BCUT2D eigenvalue weighted by Gasteiger charge is 2.42. The molecule has 0 spiro atoms. The van der Waals surface area contributed by atoms with Crippen molar-refractivity contribution in [1.29, 1.82) is 0 Å². The Morgan fingerprint density at radius 2 is 1.81 bits per heavy atom. The monoisotopic (exact) mass is 244 g/mol. The van der Waals surface area contributed by atoms with Crippen molar-refractivity contribution < 1.29 is 14.6 Å². The molecule has 2 rings (SSSR count). The van der Waals surface area contributed by atoms with Gasteiger partial charge in [0.25, 0.3) is 0 Å². The molecule has 1 N–H and O–H groups in total. The Balaban J connectivity index is 1.98. The number of carboxylic acid groups (broad SMARTS) is 1. The highest BCUT2D eigenvalue weighted by Crippen LogP contribution is 2.42. The van der Waals surface area contributed by atoms with E-state index in [1.165, 1.54) is 32.1 Å². The third-order valence-corrected chi connectivity index (χ3v) is 5.47. The zero-order valence-corrected chi connectivity index (χ0v) is 10.4. The van der Waals surface area contributed by atoms with Crippen LogP contribution in [0, 0.1) is 0 Å². The van der Waals surface area contributed by atoms with Gasteiger partial charge < -0.3 is 9.84 Å². The lowest BCUT2D eigenvalue weighted by Crippen LogP contribution is -2.42. The second-order valence-corrected chi connectivity index (χ2v) is 6.47. The van der Waals surface area contributed by atoms with Crippen LogP contribution in [-0.2, 0) is 9.53 Å². The van der Waals surface area contributed by atoms with Crippen molar-refractivity contribution in [3.05, 3.63) is 0 Å². The molecule has 0 aromatic rings. The third-order valence-electron chi connectivity index (χ3n) is 3.63. The highest BCUT2D eigenvalue weighted by molar-refractivity contribution is 8.02. The lowest BCUT2D eigenvalue weighted by atomic mass is 9.99. The minimum Gasteiger partial charge on any atom is -0.480 e. The molecule has 1 saturated carbocycles. The summed E-state index contributed by atoms with van der Waals surface area (Å²) in [6.45, 7) is 1.21. The van der Waals surface area contributed by atoms with Gasteiger partial charge in [0.2, 0.25) is 0 Å². The molecule has 0 unspecified atom stereocenters. The van der Waals surface area contributed by atoms with Crippen molar-refractivity contribution in [2.24, 2.45) is 0 Å². The van der Waals surface area contributed by atoms with Gasteiger partial charge in [0.15, 0.2) is 0 Å². The Morgan fingerprint density at radius 3 is 2.38 bits per heavy atom. The first-order valence-electron chi connectivity index (χ1n) is 6.22. The fourth-order valence-electron chi connectivity index (χ4n) is 2.59. The van der Waals surface area contributed by atoms with Crippen molar-refractivity contribution in [1.82, 2.24) is 0 Å². The Kier molecular flexibility index (Phi) is 4.14. The molecule has 2 aliphatic rings. The Bertz CT molecular complexity index is 243. The molecule has 1 heterocycles. The maximum atomic E-state index is 11.5. The fourth-order valence-corrected chi connectivity index (χ4v) is 4.30. The van der Waals surface area contributed by atoms with Crippen molar-refractivity contribution in [3.63, 3.8) is 0 Å². The second kappa shape index (κ2) is 5.41. The quantitative estimate of drug-likeness (QED) is 0.829. The Labute approximate surface area is 101 Å². The lowest BCUT2D eigenvalue weighted by Gasteiger charge is -2.36. The molecule has 16 heavy (non-hydrogen) atoms. The Hall–Kier alpha value is -0.220. The summed E-state index contributed by atoms with van der Waals surface area (Å²) < 4.78 is 4.73. The first kappa shape index (κ1) is 12.2. The molecule has 0 atom stereocenters. The van der Waals surface area contributed by atoms with E-state index in [0.29, 0.717) is 31.3 Å². The zero-order chi connectivity index (χ0) is 11.4. The molecule has 4 heteroatoms. The topological polar surface area (TPSA) is 46.5 Å². The first-order chi connectivity index (χ1) is 7.73. The van der Waals surface area contributed by atoms with Crippen molar-refractivity contribution >= 4 is 17.7 Å². The summed E-state index contributed by atoms with van der Waals surface area (Å²) in [6, 6.07) is 0. The van der Waals surface area contributed by atoms with E-state index in [4.69, 9.17) is 4.74 Å². The highest BCUT2D eigenvalue weighted by atomic mass is 32.2. The average molecular weight is 244 g/mol. The van der Waals surface area contributed by atoms with Crippen LogP contribution in [0.3, 0.4) is 0 Å². The van der Waals surface area contributed by atoms with Gasteiger partial charge in [0.1, 0.15) is 4.75 Å². The van der Waals surface area contributed by atoms with E-state index in [9.17, 15) is 9.90 Å². The molecule has 0 aromatic heterocycles. The molecule has 2 fully saturated rings. The fraction of sp³-hybridized carbons (Fsp3) is 0.917. The molecule has 0 amide bonds. The average Bonchev–Trinajstić information content (AvgIpc) is 2.31. The molecular weight excluding hydrogens is 224 g/mol. The van der Waals surface area contributed by atoms with Gasteiger partial charge in [-0.15, -0.1) is 11.8 Å². The number of ether oxygens (including phenoxy) is 1. The maximum Gasteiger partial charge on any atom is 0.319 e. The minimum absolute atomic E-state index is 0.555. The molecule has 0 bridgehead atoms. The van der Waals surface area contributed by atoms with Crippen LogP contribution in [0.4, 0.5) is 0 Å². The van der Waals surface area contributed by atoms with E-state index >= 15 is 0 Å². The largest absolute Gasteiger partial charge is 0.480 e. The van der Waals surface area contributed by atoms with Crippen LogP contribution in [0.15, 0.2) is 0 Å². The molecule has 92 valence electrons. The predicted octanol–water partition coefficient (Wildman–Crippen LogP) is 2.69. The number of carboxylic acids is 1. The molecule has 1 aliphatic carbocycles. The summed E-state index contributed by atoms with van der Waals surface area (Å²) >= 11 is 1.72. The maximum absolute atomic E-state index is 11.5. The van der Waals surface area contributed by atoms with Crippen molar-refractivity contribution in [2.75, 3.05) is 13.2 Å². The van der Waals surface area contributed by atoms with E-state index in [1.54, 1.807) is 11.8 Å². The van der Waals surface area contributed by atoms with Gasteiger partial charge in [-0.25, -0.2) is 0 Å². The molecule has 3 nitrogen and oxygen atoms in total. The van der Waals surface area contributed by atoms with E-state index in [2.05, 4.69) is 0 Å². The van der Waals surface area contributed by atoms with Gasteiger partial charge in [0.05, 0.1) is 0 Å². The summed E-state index contributed by atoms with van der Waals surface area (Å²) in [5.41, 5.74) is 0. The van der Waals surface area contributed by atoms with Gasteiger partial charge in [0, 0.05) is 18.5 Å². The summed E-state index contributed by atoms with van der Waals surface area (Å²) in [5, 5.41) is 10.0. The molecule has 0 aromatic carbocycles. The molecular formula is C12H20O3S. The SMILES string of the molecule is O=C(O)C1(SC2CCCCC2)CCOCC1. The predicted molar refractivity (Wildman–Crippen MR) is 64.9 cm³/mol. The van der Waals surface area contributed by atoms with E-state index in [1.807, 2.05) is 0 Å². The van der Waals surface area contributed by atoms with Gasteiger partial charge >= 0.3 is 5.97 Å². The van der Waals surface area contributed by atoms with Crippen LogP contribution in [0.1, 0.15) is 44.9 Å². The summed E-state index contributed by atoms with van der Waals surface area (Å²) in [7, 11) is 0. The van der Waals surface area contributed by atoms with Gasteiger partial charge in [-0.2, -0.15) is 0 Å². The number of rotatable bonds is 3. The summed E-state index contributed by atoms with van der Waals surface area (Å²) in [6.07, 6.45) is 7.59. The van der Waals surface area contributed by atoms with Gasteiger partial charge in [-0.1, -0.05) is 19.3 Å². The zero-order valence-electron chi connectivity index (χ0n) is 9.61.